The van der Waals surface area contributed by atoms with E-state index in [2.05, 4.69) is 5.32 Å². The molecular weight excluding hydrogens is 241 g/mol. The first-order valence-electron chi connectivity index (χ1n) is 4.95. The molecule has 0 aliphatic carbocycles. The molecule has 2 N–H and O–H groups in total. The zero-order valence-electron chi connectivity index (χ0n) is 8.81. The Hall–Kier alpha value is -1.88. The number of hydrogen-bond acceptors (Lipinski definition) is 3. The molecule has 88 valence electrons. The van der Waals surface area contributed by atoms with Gasteiger partial charge in [0.05, 0.1) is 11.3 Å². The lowest BCUT2D eigenvalue weighted by atomic mass is 10.1. The van der Waals surface area contributed by atoms with Crippen LogP contribution in [-0.4, -0.2) is 11.1 Å². The molecule has 1 heterocycles. The molecule has 3 nitrogen and oxygen atoms in total. The van der Waals surface area contributed by atoms with Crippen LogP contribution in [-0.2, 0) is 6.54 Å². The number of para-hydroxylation sites is 1. The minimum Gasteiger partial charge on any atom is -0.478 e. The molecule has 0 saturated heterocycles. The van der Waals surface area contributed by atoms with Gasteiger partial charge in [-0.25, -0.2) is 9.18 Å². The number of carboxylic acids is 1. The molecule has 0 aliphatic rings. The van der Waals surface area contributed by atoms with Crippen LogP contribution in [0.15, 0.2) is 35.0 Å². The summed E-state index contributed by atoms with van der Waals surface area (Å²) < 4.78 is 13.5. The molecule has 0 bridgehead atoms. The lowest BCUT2D eigenvalue weighted by Crippen LogP contribution is -2.07. The van der Waals surface area contributed by atoms with Gasteiger partial charge >= 0.3 is 5.97 Å². The second-order valence-electron chi connectivity index (χ2n) is 3.45. The van der Waals surface area contributed by atoms with Crippen LogP contribution in [0.2, 0.25) is 0 Å². The van der Waals surface area contributed by atoms with E-state index >= 15 is 0 Å². The lowest BCUT2D eigenvalue weighted by Gasteiger charge is -2.09. The van der Waals surface area contributed by atoms with Gasteiger partial charge < -0.3 is 10.4 Å². The molecule has 0 fully saturated rings. The first kappa shape index (κ1) is 11.6. The van der Waals surface area contributed by atoms with Gasteiger partial charge in [0.1, 0.15) is 5.82 Å². The number of carbonyl (C=O) groups is 1. The minimum absolute atomic E-state index is 0.0335. The quantitative estimate of drug-likeness (QED) is 0.877. The number of carboxylic acid groups (broad SMARTS) is 1. The number of benzene rings is 1. The maximum Gasteiger partial charge on any atom is 0.337 e. The summed E-state index contributed by atoms with van der Waals surface area (Å²) in [5.74, 6) is -1.70. The Balaban J connectivity index is 2.22. The van der Waals surface area contributed by atoms with E-state index in [1.54, 1.807) is 0 Å². The maximum atomic E-state index is 13.5. The van der Waals surface area contributed by atoms with Gasteiger partial charge in [-0.1, -0.05) is 6.07 Å². The average molecular weight is 251 g/mol. The Labute approximate surface area is 102 Å². The molecular formula is C12H10FNO2S. The summed E-state index contributed by atoms with van der Waals surface area (Å²) in [7, 11) is 0. The van der Waals surface area contributed by atoms with Gasteiger partial charge in [0.15, 0.2) is 0 Å². The number of aromatic carboxylic acids is 1. The fourth-order valence-corrected chi connectivity index (χ4v) is 2.13. The molecule has 1 aromatic carbocycles. The van der Waals surface area contributed by atoms with E-state index < -0.39 is 11.8 Å². The number of rotatable bonds is 4. The number of thiophene rings is 1. The summed E-state index contributed by atoms with van der Waals surface area (Å²) in [5.41, 5.74) is 0.973. The monoisotopic (exact) mass is 251 g/mol. The molecule has 0 spiro atoms. The highest BCUT2D eigenvalue weighted by Crippen LogP contribution is 2.21. The molecule has 0 radical (unpaired) electrons. The summed E-state index contributed by atoms with van der Waals surface area (Å²) >= 11 is 1.54. The third-order valence-corrected chi connectivity index (χ3v) is 3.03. The average Bonchev–Trinajstić information content (AvgIpc) is 2.80. The van der Waals surface area contributed by atoms with Gasteiger partial charge in [0.25, 0.3) is 0 Å². The number of hydrogen-bond donors (Lipinski definition) is 2. The summed E-state index contributed by atoms with van der Waals surface area (Å²) in [5, 5.41) is 15.6. The van der Waals surface area contributed by atoms with Crippen LogP contribution >= 0.6 is 11.3 Å². The minimum atomic E-state index is -1.14. The van der Waals surface area contributed by atoms with Crippen molar-refractivity contribution in [3.05, 3.63) is 52.0 Å². The van der Waals surface area contributed by atoms with Crippen LogP contribution in [0.25, 0.3) is 0 Å². The largest absolute Gasteiger partial charge is 0.478 e. The van der Waals surface area contributed by atoms with E-state index in [4.69, 9.17) is 5.11 Å². The van der Waals surface area contributed by atoms with Crippen molar-refractivity contribution in [1.82, 2.24) is 0 Å². The third kappa shape index (κ3) is 2.62. The molecule has 0 aliphatic heterocycles. The van der Waals surface area contributed by atoms with E-state index in [-0.39, 0.29) is 11.3 Å². The molecule has 0 unspecified atom stereocenters. The van der Waals surface area contributed by atoms with Gasteiger partial charge in [-0.3, -0.25) is 0 Å². The Morgan fingerprint density at radius 2 is 2.24 bits per heavy atom. The normalized spacial score (nSPS) is 10.2. The Kier molecular flexibility index (Phi) is 3.39. The third-order valence-electron chi connectivity index (χ3n) is 2.29. The van der Waals surface area contributed by atoms with Crippen LogP contribution in [0.1, 0.15) is 15.9 Å². The molecule has 2 rings (SSSR count). The molecule has 17 heavy (non-hydrogen) atoms. The lowest BCUT2D eigenvalue weighted by molar-refractivity contribution is 0.0697. The van der Waals surface area contributed by atoms with Crippen LogP contribution in [0.3, 0.4) is 0 Å². The van der Waals surface area contributed by atoms with Crippen molar-refractivity contribution in [1.29, 1.82) is 0 Å². The van der Waals surface area contributed by atoms with Crippen molar-refractivity contribution in [2.24, 2.45) is 0 Å². The van der Waals surface area contributed by atoms with E-state index in [0.717, 1.165) is 5.56 Å². The zero-order valence-corrected chi connectivity index (χ0v) is 9.63. The predicted molar refractivity (Wildman–Crippen MR) is 65.0 cm³/mol. The summed E-state index contributed by atoms with van der Waals surface area (Å²) in [4.78, 5) is 10.9. The molecule has 2 aromatic rings. The number of halogens is 1. The van der Waals surface area contributed by atoms with Crippen LogP contribution in [0.5, 0.6) is 0 Å². The van der Waals surface area contributed by atoms with Crippen molar-refractivity contribution >= 4 is 23.0 Å². The van der Waals surface area contributed by atoms with Crippen molar-refractivity contribution in [2.45, 2.75) is 6.54 Å². The topological polar surface area (TPSA) is 49.3 Å². The highest BCUT2D eigenvalue weighted by molar-refractivity contribution is 7.07. The molecule has 0 amide bonds. The van der Waals surface area contributed by atoms with Gasteiger partial charge in [0.2, 0.25) is 0 Å². The van der Waals surface area contributed by atoms with Crippen LogP contribution in [0, 0.1) is 5.82 Å². The second kappa shape index (κ2) is 4.97. The smallest absolute Gasteiger partial charge is 0.337 e. The number of anilines is 1. The highest BCUT2D eigenvalue weighted by Gasteiger charge is 2.13. The molecule has 1 aromatic heterocycles. The molecule has 5 heteroatoms. The summed E-state index contributed by atoms with van der Waals surface area (Å²) in [6, 6.07) is 5.90. The molecule has 0 saturated carbocycles. The standard InChI is InChI=1S/C12H10FNO2S/c13-10-3-1-2-9(12(15)16)11(10)14-6-8-4-5-17-7-8/h1-5,7,14H,6H2,(H,15,16). The first-order valence-corrected chi connectivity index (χ1v) is 5.89. The Morgan fingerprint density at radius 3 is 2.88 bits per heavy atom. The van der Waals surface area contributed by atoms with Crippen LogP contribution < -0.4 is 5.32 Å². The highest BCUT2D eigenvalue weighted by atomic mass is 32.1. The van der Waals surface area contributed by atoms with Crippen molar-refractivity contribution in [3.63, 3.8) is 0 Å². The maximum absolute atomic E-state index is 13.5. The zero-order chi connectivity index (χ0) is 12.3. The Morgan fingerprint density at radius 1 is 1.41 bits per heavy atom. The van der Waals surface area contributed by atoms with Crippen LogP contribution in [0.4, 0.5) is 10.1 Å². The van der Waals surface area contributed by atoms with Gasteiger partial charge in [0, 0.05) is 6.54 Å². The fraction of sp³-hybridized carbons (Fsp3) is 0.0833. The van der Waals surface area contributed by atoms with Crippen molar-refractivity contribution in [2.75, 3.05) is 5.32 Å². The summed E-state index contributed by atoms with van der Waals surface area (Å²) in [6.45, 7) is 0.407. The SMILES string of the molecule is O=C(O)c1cccc(F)c1NCc1ccsc1. The Bertz CT molecular complexity index is 525. The van der Waals surface area contributed by atoms with Crippen molar-refractivity contribution < 1.29 is 14.3 Å². The van der Waals surface area contributed by atoms with Gasteiger partial charge in [-0.15, -0.1) is 0 Å². The van der Waals surface area contributed by atoms with E-state index in [0.29, 0.717) is 6.54 Å². The second-order valence-corrected chi connectivity index (χ2v) is 4.23. The van der Waals surface area contributed by atoms with E-state index in [1.807, 2.05) is 16.8 Å². The van der Waals surface area contributed by atoms with Crippen molar-refractivity contribution in [3.8, 4) is 0 Å². The van der Waals surface area contributed by atoms with Gasteiger partial charge in [-0.05, 0) is 34.5 Å². The first-order chi connectivity index (χ1) is 8.18. The summed E-state index contributed by atoms with van der Waals surface area (Å²) in [6.07, 6.45) is 0. The molecule has 0 atom stereocenters. The predicted octanol–water partition coefficient (Wildman–Crippen LogP) is 3.20. The van der Waals surface area contributed by atoms with Gasteiger partial charge in [-0.2, -0.15) is 11.3 Å². The number of nitrogens with one attached hydrogen (secondary N) is 1. The van der Waals surface area contributed by atoms with E-state index in [1.165, 1.54) is 29.5 Å². The fourth-order valence-electron chi connectivity index (χ4n) is 1.47. The van der Waals surface area contributed by atoms with E-state index in [9.17, 15) is 9.18 Å².